The van der Waals surface area contributed by atoms with Gasteiger partial charge in [-0.05, 0) is 11.1 Å². The molecule has 4 nitrogen and oxygen atoms in total. The highest BCUT2D eigenvalue weighted by Crippen LogP contribution is 2.14. The Morgan fingerprint density at radius 1 is 1.35 bits per heavy atom. The van der Waals surface area contributed by atoms with Crippen molar-refractivity contribution >= 4 is 21.9 Å². The van der Waals surface area contributed by atoms with Crippen LogP contribution in [0, 0.1) is 0 Å². The zero-order valence-electron chi connectivity index (χ0n) is 9.46. The van der Waals surface area contributed by atoms with Gasteiger partial charge < -0.3 is 5.11 Å². The summed E-state index contributed by atoms with van der Waals surface area (Å²) < 4.78 is 22.4. The van der Waals surface area contributed by atoms with Crippen LogP contribution < -0.4 is 0 Å². The van der Waals surface area contributed by atoms with Crippen molar-refractivity contribution in [3.05, 3.63) is 41.5 Å². The zero-order chi connectivity index (χ0) is 12.9. The molecule has 92 valence electrons. The first-order valence-corrected chi connectivity index (χ1v) is 7.08. The van der Waals surface area contributed by atoms with Crippen LogP contribution >= 0.6 is 0 Å². The third-order valence-corrected chi connectivity index (χ3v) is 2.90. The van der Waals surface area contributed by atoms with Crippen LogP contribution in [0.3, 0.4) is 0 Å². The van der Waals surface area contributed by atoms with Crippen molar-refractivity contribution < 1.29 is 18.3 Å². The Balaban J connectivity index is 2.92. The number of carbonyl (C=O) groups is 1. The molecule has 0 saturated heterocycles. The molecule has 1 rings (SSSR count). The number of carboxylic acid groups (broad SMARTS) is 1. The first-order valence-electron chi connectivity index (χ1n) is 5.02. The smallest absolute Gasteiger partial charge is 0.307 e. The van der Waals surface area contributed by atoms with Crippen molar-refractivity contribution in [2.45, 2.75) is 12.2 Å². The van der Waals surface area contributed by atoms with Crippen LogP contribution in [0.4, 0.5) is 0 Å². The highest BCUT2D eigenvalue weighted by atomic mass is 32.2. The van der Waals surface area contributed by atoms with E-state index in [1.807, 2.05) is 0 Å². The molecule has 0 aliphatic rings. The van der Waals surface area contributed by atoms with Crippen LogP contribution in [-0.4, -0.2) is 25.7 Å². The second-order valence-corrected chi connectivity index (χ2v) is 5.91. The van der Waals surface area contributed by atoms with Gasteiger partial charge in [-0.25, -0.2) is 8.42 Å². The Bertz CT molecular complexity index is 529. The summed E-state index contributed by atoms with van der Waals surface area (Å²) in [5, 5.41) is 8.50. The van der Waals surface area contributed by atoms with Gasteiger partial charge in [0.05, 0.1) is 12.2 Å². The van der Waals surface area contributed by atoms with Crippen molar-refractivity contribution in [3.63, 3.8) is 0 Å². The highest BCUT2D eigenvalue weighted by Gasteiger charge is 2.07. The van der Waals surface area contributed by atoms with Crippen LogP contribution in [0.5, 0.6) is 0 Å². The number of hydrogen-bond acceptors (Lipinski definition) is 3. The van der Waals surface area contributed by atoms with Gasteiger partial charge >= 0.3 is 5.97 Å². The number of benzene rings is 1. The molecule has 0 aromatic heterocycles. The van der Waals surface area contributed by atoms with Gasteiger partial charge in [0.25, 0.3) is 0 Å². The van der Waals surface area contributed by atoms with Crippen molar-refractivity contribution in [1.29, 1.82) is 0 Å². The highest BCUT2D eigenvalue weighted by molar-refractivity contribution is 7.89. The van der Waals surface area contributed by atoms with Gasteiger partial charge in [-0.2, -0.15) is 0 Å². The SMILES string of the molecule is CS(=O)(=O)Cc1ccccc1C=CCC(=O)O. The summed E-state index contributed by atoms with van der Waals surface area (Å²) in [7, 11) is -3.09. The molecule has 0 aliphatic carbocycles. The van der Waals surface area contributed by atoms with Gasteiger partial charge in [0, 0.05) is 6.26 Å². The number of hydrogen-bond donors (Lipinski definition) is 1. The average Bonchev–Trinajstić information content (AvgIpc) is 2.17. The molecule has 0 aliphatic heterocycles. The van der Waals surface area contributed by atoms with Crippen LogP contribution in [0.15, 0.2) is 30.3 Å². The first-order chi connectivity index (χ1) is 7.88. The second-order valence-electron chi connectivity index (χ2n) is 3.77. The molecule has 17 heavy (non-hydrogen) atoms. The van der Waals surface area contributed by atoms with E-state index in [0.717, 1.165) is 5.56 Å². The van der Waals surface area contributed by atoms with Gasteiger partial charge in [0.2, 0.25) is 0 Å². The van der Waals surface area contributed by atoms with E-state index in [-0.39, 0.29) is 12.2 Å². The maximum Gasteiger partial charge on any atom is 0.307 e. The predicted molar refractivity (Wildman–Crippen MR) is 66.3 cm³/mol. The van der Waals surface area contributed by atoms with Crippen molar-refractivity contribution in [2.24, 2.45) is 0 Å². The number of carboxylic acids is 1. The molecule has 0 spiro atoms. The van der Waals surface area contributed by atoms with Gasteiger partial charge in [0.1, 0.15) is 0 Å². The molecular weight excluding hydrogens is 240 g/mol. The largest absolute Gasteiger partial charge is 0.481 e. The molecule has 0 amide bonds. The molecule has 0 unspecified atom stereocenters. The molecule has 1 aromatic carbocycles. The van der Waals surface area contributed by atoms with E-state index in [0.29, 0.717) is 5.56 Å². The summed E-state index contributed by atoms with van der Waals surface area (Å²) in [5.74, 6) is -0.956. The lowest BCUT2D eigenvalue weighted by Crippen LogP contribution is -2.02. The van der Waals surface area contributed by atoms with E-state index in [4.69, 9.17) is 5.11 Å². The normalized spacial score (nSPS) is 11.8. The number of sulfone groups is 1. The quantitative estimate of drug-likeness (QED) is 0.868. The fourth-order valence-electron chi connectivity index (χ4n) is 1.40. The van der Waals surface area contributed by atoms with E-state index in [9.17, 15) is 13.2 Å². The minimum Gasteiger partial charge on any atom is -0.481 e. The Kier molecular flexibility index (Phi) is 4.45. The average molecular weight is 254 g/mol. The molecule has 0 heterocycles. The summed E-state index contributed by atoms with van der Waals surface area (Å²) in [6.07, 6.45) is 4.23. The summed E-state index contributed by atoms with van der Waals surface area (Å²) in [6.45, 7) is 0. The Hall–Kier alpha value is -1.62. The lowest BCUT2D eigenvalue weighted by Gasteiger charge is -2.04. The van der Waals surface area contributed by atoms with Gasteiger partial charge in [-0.15, -0.1) is 0 Å². The molecule has 1 aromatic rings. The lowest BCUT2D eigenvalue weighted by atomic mass is 10.1. The third kappa shape index (κ3) is 5.31. The second kappa shape index (κ2) is 5.63. The Labute approximate surface area is 101 Å². The predicted octanol–water partition coefficient (Wildman–Crippen LogP) is 1.72. The molecule has 0 radical (unpaired) electrons. The molecule has 5 heteroatoms. The minimum atomic E-state index is -3.09. The van der Waals surface area contributed by atoms with Crippen molar-refractivity contribution in [2.75, 3.05) is 6.26 Å². The molecule has 0 atom stereocenters. The van der Waals surface area contributed by atoms with Crippen LogP contribution in [0.25, 0.3) is 6.08 Å². The molecule has 0 saturated carbocycles. The topological polar surface area (TPSA) is 71.4 Å². The standard InChI is InChI=1S/C12H14O4S/c1-17(15,16)9-11-6-3-2-5-10(11)7-4-8-12(13)14/h2-7H,8-9H2,1H3,(H,13,14). The molecule has 1 N–H and O–H groups in total. The summed E-state index contributed by atoms with van der Waals surface area (Å²) >= 11 is 0. The van der Waals surface area contributed by atoms with Gasteiger partial charge in [0.15, 0.2) is 9.84 Å². The van der Waals surface area contributed by atoms with E-state index in [1.165, 1.54) is 12.3 Å². The fraction of sp³-hybridized carbons (Fsp3) is 0.250. The molecule has 0 fully saturated rings. The Morgan fingerprint density at radius 3 is 2.59 bits per heavy atom. The van der Waals surface area contributed by atoms with Crippen LogP contribution in [-0.2, 0) is 20.4 Å². The van der Waals surface area contributed by atoms with E-state index >= 15 is 0 Å². The first kappa shape index (κ1) is 13.4. The lowest BCUT2D eigenvalue weighted by molar-refractivity contribution is -0.135. The fourth-order valence-corrected chi connectivity index (χ4v) is 2.23. The van der Waals surface area contributed by atoms with E-state index in [2.05, 4.69) is 0 Å². The van der Waals surface area contributed by atoms with Crippen molar-refractivity contribution in [1.82, 2.24) is 0 Å². The maximum atomic E-state index is 11.2. The maximum absolute atomic E-state index is 11.2. The summed E-state index contributed by atoms with van der Waals surface area (Å²) in [4.78, 5) is 10.4. The van der Waals surface area contributed by atoms with Crippen molar-refractivity contribution in [3.8, 4) is 0 Å². The van der Waals surface area contributed by atoms with E-state index < -0.39 is 15.8 Å². The summed E-state index contributed by atoms with van der Waals surface area (Å²) in [5.41, 5.74) is 1.41. The van der Waals surface area contributed by atoms with Gasteiger partial charge in [-0.3, -0.25) is 4.79 Å². The minimum absolute atomic E-state index is 0.0411. The number of rotatable bonds is 5. The monoisotopic (exact) mass is 254 g/mol. The third-order valence-electron chi connectivity index (χ3n) is 2.06. The Morgan fingerprint density at radius 2 is 2.00 bits per heavy atom. The van der Waals surface area contributed by atoms with Gasteiger partial charge in [-0.1, -0.05) is 36.4 Å². The van der Waals surface area contributed by atoms with Crippen LogP contribution in [0.1, 0.15) is 17.5 Å². The number of aliphatic carboxylic acids is 1. The van der Waals surface area contributed by atoms with E-state index in [1.54, 1.807) is 30.3 Å². The molecular formula is C12H14O4S. The zero-order valence-corrected chi connectivity index (χ0v) is 10.3. The summed E-state index contributed by atoms with van der Waals surface area (Å²) in [6, 6.07) is 7.03. The molecule has 0 bridgehead atoms. The van der Waals surface area contributed by atoms with Crippen LogP contribution in [0.2, 0.25) is 0 Å².